The van der Waals surface area contributed by atoms with E-state index in [0.29, 0.717) is 42.1 Å². The van der Waals surface area contributed by atoms with Crippen molar-refractivity contribution in [1.82, 2.24) is 15.3 Å². The molecule has 1 saturated heterocycles. The van der Waals surface area contributed by atoms with Crippen LogP contribution in [0, 0.1) is 0 Å². The predicted octanol–water partition coefficient (Wildman–Crippen LogP) is 4.66. The molecule has 1 amide bonds. The summed E-state index contributed by atoms with van der Waals surface area (Å²) in [5, 5.41) is 26.0. The Hall–Kier alpha value is -5.03. The molecule has 6 N–H and O–H groups in total. The van der Waals surface area contributed by atoms with Gasteiger partial charge in [-0.1, -0.05) is 36.4 Å². The summed E-state index contributed by atoms with van der Waals surface area (Å²) < 4.78 is 5.70. The molecular formula is C31H34N8O3. The summed E-state index contributed by atoms with van der Waals surface area (Å²) in [6, 6.07) is 23.1. The first kappa shape index (κ1) is 27.2. The molecule has 42 heavy (non-hydrogen) atoms. The average molecular weight is 567 g/mol. The van der Waals surface area contributed by atoms with Crippen molar-refractivity contribution in [3.63, 3.8) is 0 Å². The van der Waals surface area contributed by atoms with Crippen LogP contribution in [0.4, 0.5) is 40.3 Å². The Bertz CT molecular complexity index is 1560. The van der Waals surface area contributed by atoms with E-state index in [1.54, 1.807) is 19.2 Å². The fourth-order valence-electron chi connectivity index (χ4n) is 5.10. The maximum atomic E-state index is 12.8. The third-order valence-electron chi connectivity index (χ3n) is 7.37. The molecule has 2 aliphatic rings. The van der Waals surface area contributed by atoms with Gasteiger partial charge >= 0.3 is 0 Å². The molecule has 0 atom stereocenters. The fourth-order valence-corrected chi connectivity index (χ4v) is 5.10. The minimum absolute atomic E-state index is 0.158. The highest BCUT2D eigenvalue weighted by molar-refractivity contribution is 5.95. The van der Waals surface area contributed by atoms with Gasteiger partial charge in [0.25, 0.3) is 5.91 Å². The number of carbonyl (C=O) groups is 1. The van der Waals surface area contributed by atoms with E-state index in [1.165, 1.54) is 0 Å². The number of hydrogen-bond acceptors (Lipinski definition) is 10. The third-order valence-corrected chi connectivity index (χ3v) is 7.37. The number of aromatic nitrogens is 2. The molecule has 0 unspecified atom stereocenters. The number of hydrogen-bond donors (Lipinski definition) is 6. The normalized spacial score (nSPS) is 14.4. The van der Waals surface area contributed by atoms with E-state index in [-0.39, 0.29) is 12.0 Å². The first-order chi connectivity index (χ1) is 20.6. The highest BCUT2D eigenvalue weighted by Gasteiger charge is 2.21. The SMILES string of the molecule is COc1cc(N2CCC(O)CC2)ccc1Nc1nc2c(c(Nc3cccc(C(=O)NCc4ccccc4)c3)n1)NCN2. The van der Waals surface area contributed by atoms with Crippen molar-refractivity contribution in [1.29, 1.82) is 0 Å². The van der Waals surface area contributed by atoms with Crippen LogP contribution in [-0.4, -0.2) is 54.0 Å². The van der Waals surface area contributed by atoms with Gasteiger partial charge < -0.3 is 41.3 Å². The maximum absolute atomic E-state index is 12.8. The second-order valence-corrected chi connectivity index (χ2v) is 10.3. The molecule has 0 saturated carbocycles. The Morgan fingerprint density at radius 1 is 1.00 bits per heavy atom. The summed E-state index contributed by atoms with van der Waals surface area (Å²) in [7, 11) is 1.63. The first-order valence-electron chi connectivity index (χ1n) is 14.0. The summed E-state index contributed by atoms with van der Waals surface area (Å²) >= 11 is 0. The monoisotopic (exact) mass is 566 g/mol. The molecule has 0 bridgehead atoms. The second-order valence-electron chi connectivity index (χ2n) is 10.3. The maximum Gasteiger partial charge on any atom is 0.251 e. The minimum Gasteiger partial charge on any atom is -0.494 e. The molecule has 4 aromatic rings. The molecule has 3 aromatic carbocycles. The third kappa shape index (κ3) is 6.16. The fraction of sp³-hybridized carbons (Fsp3) is 0.258. The van der Waals surface area contributed by atoms with Crippen LogP contribution in [-0.2, 0) is 6.54 Å². The largest absolute Gasteiger partial charge is 0.494 e. The number of fused-ring (bicyclic) bond motifs is 1. The number of nitrogens with zero attached hydrogens (tertiary/aromatic N) is 3. The number of methoxy groups -OCH3 is 1. The van der Waals surface area contributed by atoms with Crippen LogP contribution in [0.3, 0.4) is 0 Å². The van der Waals surface area contributed by atoms with Gasteiger partial charge in [0.05, 0.1) is 25.6 Å². The summed E-state index contributed by atoms with van der Waals surface area (Å²) in [5.74, 6) is 2.12. The van der Waals surface area contributed by atoms with Crippen molar-refractivity contribution in [3.8, 4) is 5.75 Å². The molecule has 0 aliphatic carbocycles. The van der Waals surface area contributed by atoms with E-state index in [1.807, 2.05) is 60.7 Å². The van der Waals surface area contributed by atoms with Gasteiger partial charge in [-0.15, -0.1) is 0 Å². The summed E-state index contributed by atoms with van der Waals surface area (Å²) in [4.78, 5) is 24.5. The highest BCUT2D eigenvalue weighted by Crippen LogP contribution is 2.37. The number of amides is 1. The Balaban J connectivity index is 1.19. The van der Waals surface area contributed by atoms with Crippen molar-refractivity contribution in [2.75, 3.05) is 53.0 Å². The Labute approximate surface area is 244 Å². The van der Waals surface area contributed by atoms with E-state index in [2.05, 4.69) is 36.5 Å². The number of piperidine rings is 1. The lowest BCUT2D eigenvalue weighted by Crippen LogP contribution is -2.35. The molecular weight excluding hydrogens is 532 g/mol. The van der Waals surface area contributed by atoms with Crippen LogP contribution in [0.25, 0.3) is 0 Å². The number of aliphatic hydroxyl groups excluding tert-OH is 1. The molecule has 0 spiro atoms. The number of ether oxygens (including phenoxy) is 1. The molecule has 3 heterocycles. The smallest absolute Gasteiger partial charge is 0.251 e. The van der Waals surface area contributed by atoms with Crippen LogP contribution >= 0.6 is 0 Å². The summed E-state index contributed by atoms with van der Waals surface area (Å²) in [6.45, 7) is 2.57. The quantitative estimate of drug-likeness (QED) is 0.170. The van der Waals surface area contributed by atoms with Gasteiger partial charge in [0.1, 0.15) is 11.4 Å². The molecule has 1 aromatic heterocycles. The van der Waals surface area contributed by atoms with Crippen molar-refractivity contribution in [3.05, 3.63) is 83.9 Å². The minimum atomic E-state index is -0.230. The Morgan fingerprint density at radius 3 is 2.64 bits per heavy atom. The van der Waals surface area contributed by atoms with E-state index < -0.39 is 0 Å². The molecule has 6 rings (SSSR count). The molecule has 0 radical (unpaired) electrons. The number of anilines is 7. The molecule has 11 heteroatoms. The lowest BCUT2D eigenvalue weighted by atomic mass is 10.1. The Kier molecular flexibility index (Phi) is 7.91. The van der Waals surface area contributed by atoms with Crippen molar-refractivity contribution >= 4 is 46.2 Å². The van der Waals surface area contributed by atoms with E-state index >= 15 is 0 Å². The topological polar surface area (TPSA) is 136 Å². The van der Waals surface area contributed by atoms with Gasteiger partial charge in [0, 0.05) is 42.6 Å². The van der Waals surface area contributed by atoms with Crippen molar-refractivity contribution in [2.45, 2.75) is 25.5 Å². The van der Waals surface area contributed by atoms with Gasteiger partial charge in [-0.05, 0) is 48.7 Å². The van der Waals surface area contributed by atoms with Gasteiger partial charge in [0.2, 0.25) is 5.95 Å². The van der Waals surface area contributed by atoms with Crippen LogP contribution < -0.4 is 36.2 Å². The molecule has 11 nitrogen and oxygen atoms in total. The van der Waals surface area contributed by atoms with E-state index in [4.69, 9.17) is 9.72 Å². The first-order valence-corrected chi connectivity index (χ1v) is 14.0. The van der Waals surface area contributed by atoms with Crippen LogP contribution in [0.5, 0.6) is 5.75 Å². The van der Waals surface area contributed by atoms with Crippen molar-refractivity contribution < 1.29 is 14.6 Å². The van der Waals surface area contributed by atoms with Crippen LogP contribution in [0.15, 0.2) is 72.8 Å². The number of rotatable bonds is 9. The van der Waals surface area contributed by atoms with E-state index in [0.717, 1.165) is 54.2 Å². The highest BCUT2D eigenvalue weighted by atomic mass is 16.5. The van der Waals surface area contributed by atoms with Crippen LogP contribution in [0.2, 0.25) is 0 Å². The van der Waals surface area contributed by atoms with Gasteiger partial charge in [-0.3, -0.25) is 4.79 Å². The number of benzene rings is 3. The molecule has 216 valence electrons. The van der Waals surface area contributed by atoms with Gasteiger partial charge in [0.15, 0.2) is 11.6 Å². The lowest BCUT2D eigenvalue weighted by Gasteiger charge is -2.31. The van der Waals surface area contributed by atoms with E-state index in [9.17, 15) is 9.90 Å². The molecule has 2 aliphatic heterocycles. The zero-order chi connectivity index (χ0) is 28.9. The Morgan fingerprint density at radius 2 is 1.83 bits per heavy atom. The standard InChI is InChI=1S/C31H34N8O3/c1-42-26-17-23(39-14-12-24(40)13-15-39)10-11-25(26)36-31-37-28-27(33-19-34-28)29(38-31)35-22-9-5-8-21(16-22)30(41)32-18-20-6-3-2-4-7-20/h2-11,16-17,24,33,40H,12-15,18-19H2,1H3,(H,32,41)(H3,34,35,36,37,38). The van der Waals surface area contributed by atoms with Gasteiger partial charge in [-0.25, -0.2) is 0 Å². The predicted molar refractivity (Wildman–Crippen MR) is 165 cm³/mol. The van der Waals surface area contributed by atoms with Crippen LogP contribution in [0.1, 0.15) is 28.8 Å². The molecule has 1 fully saturated rings. The summed E-state index contributed by atoms with van der Waals surface area (Å²) in [5.41, 5.74) is 4.81. The number of nitrogens with one attached hydrogen (secondary N) is 5. The zero-order valence-corrected chi connectivity index (χ0v) is 23.4. The van der Waals surface area contributed by atoms with Crippen molar-refractivity contribution in [2.24, 2.45) is 0 Å². The number of carbonyl (C=O) groups excluding carboxylic acids is 1. The van der Waals surface area contributed by atoms with Gasteiger partial charge in [-0.2, -0.15) is 9.97 Å². The average Bonchev–Trinajstić information content (AvgIpc) is 3.50. The second kappa shape index (κ2) is 12.2. The zero-order valence-electron chi connectivity index (χ0n) is 23.4. The number of aliphatic hydroxyl groups is 1. The summed E-state index contributed by atoms with van der Waals surface area (Å²) in [6.07, 6.45) is 1.28. The lowest BCUT2D eigenvalue weighted by molar-refractivity contribution is 0.0951.